The van der Waals surface area contributed by atoms with E-state index in [-0.39, 0.29) is 18.1 Å². The molecule has 0 fully saturated rings. The van der Waals surface area contributed by atoms with Gasteiger partial charge in [0.15, 0.2) is 36.2 Å². The summed E-state index contributed by atoms with van der Waals surface area (Å²) >= 11 is 0. The molecule has 0 saturated heterocycles. The van der Waals surface area contributed by atoms with Crippen LogP contribution in [0.4, 0.5) is 10.2 Å². The molecule has 1 aliphatic heterocycles. The number of nitrogens with one attached hydrogen (secondary N) is 1. The maximum absolute atomic E-state index is 14.8. The van der Waals surface area contributed by atoms with Gasteiger partial charge in [-0.25, -0.2) is 24.4 Å². The number of benzene rings is 1. The first-order chi connectivity index (χ1) is 17.8. The van der Waals surface area contributed by atoms with E-state index in [0.717, 1.165) is 6.08 Å². The van der Waals surface area contributed by atoms with Gasteiger partial charge in [-0.05, 0) is 25.0 Å². The smallest absolute Gasteiger partial charge is 0.342 e. The van der Waals surface area contributed by atoms with Crippen molar-refractivity contribution >= 4 is 30.5 Å². The van der Waals surface area contributed by atoms with Gasteiger partial charge in [0, 0.05) is 6.08 Å². The van der Waals surface area contributed by atoms with Gasteiger partial charge in [0.1, 0.15) is 23.6 Å². The van der Waals surface area contributed by atoms with Crippen molar-refractivity contribution in [3.63, 3.8) is 0 Å². The Labute approximate surface area is 212 Å². The number of hydrogen-bond acceptors (Lipinski definition) is 10. The number of imidazole rings is 1. The Bertz CT molecular complexity index is 1310. The van der Waals surface area contributed by atoms with Gasteiger partial charge in [-0.2, -0.15) is 0 Å². The summed E-state index contributed by atoms with van der Waals surface area (Å²) in [7, 11) is -3.86. The van der Waals surface area contributed by atoms with Crippen LogP contribution in [0, 0.1) is 0 Å². The second-order valence-electron chi connectivity index (χ2n) is 8.12. The summed E-state index contributed by atoms with van der Waals surface area (Å²) in [6.45, 7) is 3.85. The number of anilines is 1. The van der Waals surface area contributed by atoms with Crippen LogP contribution in [0.25, 0.3) is 11.2 Å². The quantitative estimate of drug-likeness (QED) is 0.258. The summed E-state index contributed by atoms with van der Waals surface area (Å²) in [5.74, 6) is -0.778. The number of ether oxygens (including phenoxy) is 3. The van der Waals surface area contributed by atoms with Crippen molar-refractivity contribution in [3.05, 3.63) is 54.9 Å². The van der Waals surface area contributed by atoms with Crippen LogP contribution < -0.4 is 15.3 Å². The lowest BCUT2D eigenvalue weighted by molar-refractivity contribution is -0.145. The molecule has 4 atom stereocenters. The fraction of sp³-hybridized carbons (Fsp3) is 0.391. The van der Waals surface area contributed by atoms with E-state index in [9.17, 15) is 13.8 Å². The number of rotatable bonds is 12. The SMILES string of the molecule is CCCOC(=O)C(CC)NP(=O)(CO[C@@H]1C=C(F)[C@H](n2cnc3c(N)ncnc32)O1)Oc1ccccc1. The van der Waals surface area contributed by atoms with Crippen molar-refractivity contribution in [1.82, 2.24) is 24.6 Å². The number of para-hydroxylation sites is 1. The Morgan fingerprint density at radius 2 is 2.05 bits per heavy atom. The van der Waals surface area contributed by atoms with Crippen molar-refractivity contribution < 1.29 is 32.5 Å². The first-order valence-corrected chi connectivity index (χ1v) is 13.5. The number of aromatic nitrogens is 4. The number of nitrogen functional groups attached to an aromatic ring is 1. The third-order valence-corrected chi connectivity index (χ3v) is 7.03. The van der Waals surface area contributed by atoms with Crippen LogP contribution in [0.3, 0.4) is 0 Å². The number of fused-ring (bicyclic) bond motifs is 1. The topological polar surface area (TPSA) is 153 Å². The molecular weight excluding hydrogens is 506 g/mol. The van der Waals surface area contributed by atoms with Crippen LogP contribution in [0.1, 0.15) is 32.9 Å². The van der Waals surface area contributed by atoms with Crippen molar-refractivity contribution in [2.24, 2.45) is 0 Å². The van der Waals surface area contributed by atoms with Crippen molar-refractivity contribution in [2.45, 2.75) is 45.2 Å². The number of carbonyl (C=O) groups excluding carboxylic acids is 1. The minimum atomic E-state index is -3.86. The molecule has 2 unspecified atom stereocenters. The summed E-state index contributed by atoms with van der Waals surface area (Å²) < 4.78 is 52.3. The average Bonchev–Trinajstić information content (AvgIpc) is 3.49. The van der Waals surface area contributed by atoms with Gasteiger partial charge >= 0.3 is 13.5 Å². The van der Waals surface area contributed by atoms with E-state index in [4.69, 9.17) is 24.5 Å². The normalized spacial score (nSPS) is 19.8. The molecule has 1 aliphatic rings. The molecule has 3 N–H and O–H groups in total. The molecule has 0 saturated carbocycles. The molecule has 3 aromatic rings. The van der Waals surface area contributed by atoms with E-state index in [1.54, 1.807) is 37.3 Å². The zero-order chi connectivity index (χ0) is 26.4. The van der Waals surface area contributed by atoms with E-state index >= 15 is 0 Å². The third-order valence-electron chi connectivity index (χ3n) is 5.33. The van der Waals surface area contributed by atoms with Crippen LogP contribution in [-0.2, 0) is 23.6 Å². The van der Waals surface area contributed by atoms with Crippen LogP contribution in [-0.4, -0.2) is 50.8 Å². The highest BCUT2D eigenvalue weighted by Gasteiger charge is 2.36. The molecule has 14 heteroatoms. The molecule has 2 aromatic heterocycles. The monoisotopic (exact) mass is 534 g/mol. The highest BCUT2D eigenvalue weighted by atomic mass is 31.2. The molecule has 0 aliphatic carbocycles. The minimum absolute atomic E-state index is 0.145. The van der Waals surface area contributed by atoms with Crippen LogP contribution >= 0.6 is 7.52 Å². The van der Waals surface area contributed by atoms with E-state index in [1.165, 1.54) is 17.2 Å². The van der Waals surface area contributed by atoms with Gasteiger partial charge in [-0.1, -0.05) is 32.0 Å². The molecule has 0 amide bonds. The second-order valence-corrected chi connectivity index (χ2v) is 10.2. The fourth-order valence-electron chi connectivity index (χ4n) is 3.54. The first kappa shape index (κ1) is 26.7. The molecule has 0 radical (unpaired) electrons. The summed E-state index contributed by atoms with van der Waals surface area (Å²) in [5.41, 5.74) is 6.38. The molecule has 198 valence electrons. The Morgan fingerprint density at radius 3 is 2.78 bits per heavy atom. The lowest BCUT2D eigenvalue weighted by Crippen LogP contribution is -2.38. The molecule has 1 aromatic carbocycles. The first-order valence-electron chi connectivity index (χ1n) is 11.7. The summed E-state index contributed by atoms with van der Waals surface area (Å²) in [5, 5.41) is 2.76. The van der Waals surface area contributed by atoms with Gasteiger partial charge < -0.3 is 24.5 Å². The Hall–Kier alpha value is -3.38. The number of carbonyl (C=O) groups is 1. The Balaban J connectivity index is 1.48. The number of hydrogen-bond donors (Lipinski definition) is 2. The maximum Gasteiger partial charge on any atom is 0.342 e. The van der Waals surface area contributed by atoms with Gasteiger partial charge in [0.2, 0.25) is 0 Å². The summed E-state index contributed by atoms with van der Waals surface area (Å²) in [6, 6.07) is 7.52. The van der Waals surface area contributed by atoms with Gasteiger partial charge in [-0.3, -0.25) is 13.9 Å². The molecule has 37 heavy (non-hydrogen) atoms. The third kappa shape index (κ3) is 6.31. The van der Waals surface area contributed by atoms with Gasteiger partial charge in [0.25, 0.3) is 0 Å². The van der Waals surface area contributed by atoms with E-state index < -0.39 is 44.2 Å². The highest BCUT2D eigenvalue weighted by Crippen LogP contribution is 2.45. The molecule has 4 rings (SSSR count). The number of halogens is 1. The second kappa shape index (κ2) is 11.8. The van der Waals surface area contributed by atoms with Crippen molar-refractivity contribution in [2.75, 3.05) is 18.7 Å². The average molecular weight is 534 g/mol. The fourth-order valence-corrected chi connectivity index (χ4v) is 5.28. The molecule has 3 heterocycles. The van der Waals surface area contributed by atoms with Crippen molar-refractivity contribution in [3.8, 4) is 5.75 Å². The molecule has 0 spiro atoms. The largest absolute Gasteiger partial charge is 0.465 e. The molecule has 0 bridgehead atoms. The Kier molecular flexibility index (Phi) is 8.49. The maximum atomic E-state index is 14.8. The molecule has 12 nitrogen and oxygen atoms in total. The zero-order valence-electron chi connectivity index (χ0n) is 20.3. The Morgan fingerprint density at radius 1 is 1.27 bits per heavy atom. The van der Waals surface area contributed by atoms with Gasteiger partial charge in [-0.15, -0.1) is 0 Å². The predicted octanol–water partition coefficient (Wildman–Crippen LogP) is 3.68. The number of esters is 1. The van der Waals surface area contributed by atoms with Crippen LogP contribution in [0.5, 0.6) is 5.75 Å². The summed E-state index contributed by atoms with van der Waals surface area (Å²) in [6.07, 6.45) is 1.64. The summed E-state index contributed by atoms with van der Waals surface area (Å²) in [4.78, 5) is 24.5. The minimum Gasteiger partial charge on any atom is -0.465 e. The molecular formula is C23H28FN6O6P. The van der Waals surface area contributed by atoms with Crippen LogP contribution in [0.15, 0.2) is 54.9 Å². The number of nitrogens with zero attached hydrogens (tertiary/aromatic N) is 4. The van der Waals surface area contributed by atoms with Crippen molar-refractivity contribution in [1.29, 1.82) is 0 Å². The highest BCUT2D eigenvalue weighted by molar-refractivity contribution is 7.57. The van der Waals surface area contributed by atoms with Gasteiger partial charge in [0.05, 0.1) is 12.9 Å². The van der Waals surface area contributed by atoms with E-state index in [0.29, 0.717) is 24.1 Å². The van der Waals surface area contributed by atoms with E-state index in [1.807, 2.05) is 6.92 Å². The zero-order valence-corrected chi connectivity index (χ0v) is 21.2. The van der Waals surface area contributed by atoms with E-state index in [2.05, 4.69) is 20.0 Å². The predicted molar refractivity (Wildman–Crippen MR) is 132 cm³/mol. The lowest BCUT2D eigenvalue weighted by atomic mass is 10.2. The standard InChI is InChI=1S/C23H28FN6O6P/c1-3-10-33-23(31)17(4-2)29-37(32,36-15-8-6-5-7-9-15)14-34-18-11-16(24)22(35-18)30-13-28-19-20(25)26-12-27-21(19)30/h5-9,11-13,17-18,22H,3-4,10,14H2,1-2H3,(H,29,32)(H2,25,26,27)/t17?,18-,22+,37?/m0/s1. The van der Waals surface area contributed by atoms with Crippen LogP contribution in [0.2, 0.25) is 0 Å². The number of nitrogens with two attached hydrogens (primary N) is 1. The lowest BCUT2D eigenvalue weighted by Gasteiger charge is -2.25.